The zero-order valence-electron chi connectivity index (χ0n) is 13.6. The summed E-state index contributed by atoms with van der Waals surface area (Å²) in [5.74, 6) is -1.80. The Kier molecular flexibility index (Phi) is 5.93. The monoisotopic (exact) mass is 368 g/mol. The van der Waals surface area contributed by atoms with Crippen molar-refractivity contribution in [3.63, 3.8) is 0 Å². The molecule has 0 aromatic heterocycles. The molecule has 134 valence electrons. The number of rotatable bonds is 5. The Hall–Kier alpha value is -1.64. The molecule has 0 unspecified atom stereocenters. The molecule has 25 heavy (non-hydrogen) atoms. The van der Waals surface area contributed by atoms with Crippen LogP contribution in [0.3, 0.4) is 0 Å². The first-order valence-corrected chi connectivity index (χ1v) is 8.71. The molecule has 1 aromatic carbocycles. The van der Waals surface area contributed by atoms with E-state index in [1.54, 1.807) is 0 Å². The summed E-state index contributed by atoms with van der Waals surface area (Å²) in [5.41, 5.74) is -0.202. The standard InChI is InChI=1S/C16H19BClFN2O4/c18-10-5-6-12(19)11(7-10)16(23)20-8-15(22)21-9-17-24-13-3-1-2-4-14(13)25-17/h5-7,13-14H,1-4,8-9H2,(H,20,23)(H,21,22)/t13-,14+. The number of carbonyl (C=O) groups excluding carboxylic acids is 2. The molecule has 2 N–H and O–H groups in total. The van der Waals surface area contributed by atoms with E-state index in [0.29, 0.717) is 0 Å². The summed E-state index contributed by atoms with van der Waals surface area (Å²) in [6, 6.07) is 3.66. The van der Waals surface area contributed by atoms with E-state index in [4.69, 9.17) is 20.9 Å². The molecule has 1 saturated carbocycles. The van der Waals surface area contributed by atoms with Gasteiger partial charge in [-0.05, 0) is 31.0 Å². The van der Waals surface area contributed by atoms with Gasteiger partial charge in [0.2, 0.25) is 5.91 Å². The zero-order valence-corrected chi connectivity index (χ0v) is 14.4. The van der Waals surface area contributed by atoms with Crippen LogP contribution in [0, 0.1) is 5.82 Å². The summed E-state index contributed by atoms with van der Waals surface area (Å²) in [6.07, 6.45) is 4.67. The van der Waals surface area contributed by atoms with Crippen molar-refractivity contribution in [3.05, 3.63) is 34.6 Å². The molecule has 0 radical (unpaired) electrons. The predicted octanol–water partition coefficient (Wildman–Crippen LogP) is 1.71. The van der Waals surface area contributed by atoms with Crippen molar-refractivity contribution in [1.82, 2.24) is 10.6 Å². The Morgan fingerprint density at radius 1 is 1.20 bits per heavy atom. The van der Waals surface area contributed by atoms with Gasteiger partial charge in [0.15, 0.2) is 0 Å². The van der Waals surface area contributed by atoms with Gasteiger partial charge in [-0.2, -0.15) is 0 Å². The molecule has 0 bridgehead atoms. The third kappa shape index (κ3) is 4.71. The maximum Gasteiger partial charge on any atom is 0.478 e. The molecular weight excluding hydrogens is 349 g/mol. The van der Waals surface area contributed by atoms with Gasteiger partial charge in [0.1, 0.15) is 5.82 Å². The fourth-order valence-corrected chi connectivity index (χ4v) is 3.25. The summed E-state index contributed by atoms with van der Waals surface area (Å²) >= 11 is 5.74. The highest BCUT2D eigenvalue weighted by Gasteiger charge is 2.40. The van der Waals surface area contributed by atoms with E-state index in [-0.39, 0.29) is 35.8 Å². The first-order chi connectivity index (χ1) is 12.0. The summed E-state index contributed by atoms with van der Waals surface area (Å²) < 4.78 is 25.1. The van der Waals surface area contributed by atoms with Crippen LogP contribution in [-0.4, -0.2) is 44.1 Å². The van der Waals surface area contributed by atoms with Crippen LogP contribution in [0.2, 0.25) is 5.02 Å². The van der Waals surface area contributed by atoms with E-state index < -0.39 is 24.7 Å². The molecule has 6 nitrogen and oxygen atoms in total. The van der Waals surface area contributed by atoms with Crippen molar-refractivity contribution in [2.24, 2.45) is 0 Å². The fraction of sp³-hybridized carbons (Fsp3) is 0.500. The summed E-state index contributed by atoms with van der Waals surface area (Å²) in [6.45, 7) is -0.273. The SMILES string of the molecule is O=C(CNC(=O)c1cc(Cl)ccc1F)NCB1O[C@H]2CCCC[C@H]2O1. The maximum absolute atomic E-state index is 13.6. The van der Waals surface area contributed by atoms with Crippen molar-refractivity contribution in [1.29, 1.82) is 0 Å². The molecular formula is C16H19BClFN2O4. The molecule has 2 amide bonds. The van der Waals surface area contributed by atoms with E-state index in [9.17, 15) is 14.0 Å². The van der Waals surface area contributed by atoms with Gasteiger partial charge in [0.05, 0.1) is 30.8 Å². The highest BCUT2D eigenvalue weighted by Crippen LogP contribution is 2.29. The lowest BCUT2D eigenvalue weighted by Crippen LogP contribution is -2.42. The first kappa shape index (κ1) is 18.2. The summed E-state index contributed by atoms with van der Waals surface area (Å²) in [7, 11) is -0.460. The predicted molar refractivity (Wildman–Crippen MR) is 90.7 cm³/mol. The van der Waals surface area contributed by atoms with E-state index in [2.05, 4.69) is 10.6 Å². The number of fused-ring (bicyclic) bond motifs is 1. The number of amides is 2. The molecule has 1 aromatic rings. The van der Waals surface area contributed by atoms with Crippen molar-refractivity contribution in [2.75, 3.05) is 13.0 Å². The Labute approximate surface area is 150 Å². The van der Waals surface area contributed by atoms with E-state index in [0.717, 1.165) is 31.7 Å². The van der Waals surface area contributed by atoms with Crippen LogP contribution < -0.4 is 10.6 Å². The lowest BCUT2D eigenvalue weighted by atomic mass is 9.91. The molecule has 1 aliphatic carbocycles. The van der Waals surface area contributed by atoms with Gasteiger partial charge in [-0.15, -0.1) is 0 Å². The van der Waals surface area contributed by atoms with Crippen molar-refractivity contribution < 1.29 is 23.3 Å². The minimum atomic E-state index is -0.700. The quantitative estimate of drug-likeness (QED) is 0.776. The Morgan fingerprint density at radius 2 is 1.88 bits per heavy atom. The molecule has 0 spiro atoms. The van der Waals surface area contributed by atoms with Gasteiger partial charge in [0, 0.05) is 5.02 Å². The highest BCUT2D eigenvalue weighted by atomic mass is 35.5. The smallest absolute Gasteiger partial charge is 0.405 e. The minimum Gasteiger partial charge on any atom is -0.405 e. The number of halogens is 2. The molecule has 1 aliphatic heterocycles. The number of hydrogen-bond acceptors (Lipinski definition) is 4. The van der Waals surface area contributed by atoms with E-state index in [1.165, 1.54) is 12.1 Å². The van der Waals surface area contributed by atoms with Crippen molar-refractivity contribution in [2.45, 2.75) is 37.9 Å². The molecule has 3 rings (SSSR count). The van der Waals surface area contributed by atoms with Gasteiger partial charge in [-0.25, -0.2) is 4.39 Å². The van der Waals surface area contributed by atoms with E-state index in [1.807, 2.05) is 0 Å². The van der Waals surface area contributed by atoms with Crippen LogP contribution in [0.1, 0.15) is 36.0 Å². The van der Waals surface area contributed by atoms with Crippen molar-refractivity contribution in [3.8, 4) is 0 Å². The van der Waals surface area contributed by atoms with Crippen LogP contribution in [0.15, 0.2) is 18.2 Å². The maximum atomic E-state index is 13.6. The molecule has 1 saturated heterocycles. The van der Waals surface area contributed by atoms with Crippen LogP contribution in [0.4, 0.5) is 4.39 Å². The second kappa shape index (κ2) is 8.16. The lowest BCUT2D eigenvalue weighted by Gasteiger charge is -2.22. The Morgan fingerprint density at radius 3 is 2.56 bits per heavy atom. The average Bonchev–Trinajstić information content (AvgIpc) is 3.03. The lowest BCUT2D eigenvalue weighted by molar-refractivity contribution is -0.119. The summed E-state index contributed by atoms with van der Waals surface area (Å²) in [4.78, 5) is 23.8. The average molecular weight is 369 g/mol. The van der Waals surface area contributed by atoms with Gasteiger partial charge in [-0.1, -0.05) is 24.4 Å². The van der Waals surface area contributed by atoms with Gasteiger partial charge in [-0.3, -0.25) is 9.59 Å². The minimum absolute atomic E-state index is 0.112. The number of nitrogens with one attached hydrogen (secondary N) is 2. The molecule has 1 heterocycles. The van der Waals surface area contributed by atoms with Crippen LogP contribution >= 0.6 is 11.6 Å². The van der Waals surface area contributed by atoms with Gasteiger partial charge < -0.3 is 19.9 Å². The third-order valence-corrected chi connectivity index (χ3v) is 4.58. The number of carbonyl (C=O) groups is 2. The van der Waals surface area contributed by atoms with Crippen LogP contribution in [0.5, 0.6) is 0 Å². The van der Waals surface area contributed by atoms with Gasteiger partial charge >= 0.3 is 7.12 Å². The normalized spacial score (nSPS) is 22.4. The second-order valence-corrected chi connectivity index (χ2v) is 6.61. The number of benzene rings is 1. The van der Waals surface area contributed by atoms with Crippen molar-refractivity contribution >= 4 is 30.5 Å². The van der Waals surface area contributed by atoms with Gasteiger partial charge in [0.25, 0.3) is 5.91 Å². The fourth-order valence-electron chi connectivity index (χ4n) is 3.08. The van der Waals surface area contributed by atoms with E-state index >= 15 is 0 Å². The third-order valence-electron chi connectivity index (χ3n) is 4.34. The molecule has 2 fully saturated rings. The van der Waals surface area contributed by atoms with Crippen LogP contribution in [-0.2, 0) is 14.1 Å². The number of hydrogen-bond donors (Lipinski definition) is 2. The Balaban J connectivity index is 1.41. The Bertz CT molecular complexity index is 649. The largest absolute Gasteiger partial charge is 0.478 e. The topological polar surface area (TPSA) is 76.7 Å². The second-order valence-electron chi connectivity index (χ2n) is 6.17. The molecule has 9 heteroatoms. The summed E-state index contributed by atoms with van der Waals surface area (Å²) in [5, 5.41) is 5.25. The highest BCUT2D eigenvalue weighted by molar-refractivity contribution is 6.45. The zero-order chi connectivity index (χ0) is 17.8. The molecule has 2 atom stereocenters. The van der Waals surface area contributed by atoms with Crippen LogP contribution in [0.25, 0.3) is 0 Å². The first-order valence-electron chi connectivity index (χ1n) is 8.34. The molecule has 2 aliphatic rings.